The highest BCUT2D eigenvalue weighted by Crippen LogP contribution is 2.34. The lowest BCUT2D eigenvalue weighted by atomic mass is 10.2. The summed E-state index contributed by atoms with van der Waals surface area (Å²) in [6.07, 6.45) is 1.55. The molecule has 0 amide bonds. The number of hydrogen-bond donors (Lipinski definition) is 0. The zero-order chi connectivity index (χ0) is 22.2. The average Bonchev–Trinajstić information content (AvgIpc) is 2.77. The summed E-state index contributed by atoms with van der Waals surface area (Å²) in [5.74, 6) is 1.20. The molecule has 0 fully saturated rings. The maximum absolute atomic E-state index is 10.8. The average molecular weight is 553 g/mol. The van der Waals surface area contributed by atoms with Crippen molar-refractivity contribution in [3.63, 3.8) is 0 Å². The highest BCUT2D eigenvalue weighted by molar-refractivity contribution is 14.1. The molecule has 0 aliphatic rings. The molecule has 0 unspecified atom stereocenters. The minimum Gasteiger partial charge on any atom is -0.493 e. The Kier molecular flexibility index (Phi) is 8.07. The normalized spacial score (nSPS) is 10.8. The Bertz CT molecular complexity index is 1090. The molecule has 3 rings (SSSR count). The fraction of sp³-hybridized carbons (Fsp3) is 0.136. The van der Waals surface area contributed by atoms with Gasteiger partial charge in [0.05, 0.1) is 21.8 Å². The van der Waals surface area contributed by atoms with E-state index in [-0.39, 0.29) is 12.3 Å². The number of oxime groups is 1. The SMILES string of the molecule is COc1cc(/C=N/OCc2cccc([N+](=O)[O-])c2)cc(I)c1OCc1ccc(Cl)cc1. The number of nitrogens with zero attached hydrogens (tertiary/aromatic N) is 2. The smallest absolute Gasteiger partial charge is 0.269 e. The molecule has 0 saturated heterocycles. The van der Waals surface area contributed by atoms with Crippen molar-refractivity contribution >= 4 is 46.1 Å². The van der Waals surface area contributed by atoms with Gasteiger partial charge in [-0.1, -0.05) is 41.0 Å². The Balaban J connectivity index is 1.64. The lowest BCUT2D eigenvalue weighted by Gasteiger charge is -2.13. The van der Waals surface area contributed by atoms with E-state index in [1.54, 1.807) is 31.5 Å². The minimum atomic E-state index is -0.447. The summed E-state index contributed by atoms with van der Waals surface area (Å²) in [7, 11) is 1.57. The van der Waals surface area contributed by atoms with Crippen LogP contribution in [0.2, 0.25) is 5.02 Å². The molecular weight excluding hydrogens is 535 g/mol. The van der Waals surface area contributed by atoms with Crippen molar-refractivity contribution in [1.29, 1.82) is 0 Å². The van der Waals surface area contributed by atoms with E-state index in [1.807, 2.05) is 30.3 Å². The van der Waals surface area contributed by atoms with Gasteiger partial charge in [-0.3, -0.25) is 10.1 Å². The van der Waals surface area contributed by atoms with E-state index in [1.165, 1.54) is 12.1 Å². The number of rotatable bonds is 9. The number of nitro groups is 1. The summed E-state index contributed by atoms with van der Waals surface area (Å²) in [5, 5.41) is 15.5. The van der Waals surface area contributed by atoms with Crippen LogP contribution in [-0.4, -0.2) is 18.2 Å². The predicted octanol–water partition coefficient (Wildman–Crippen LogP) is 5.99. The largest absolute Gasteiger partial charge is 0.493 e. The lowest BCUT2D eigenvalue weighted by molar-refractivity contribution is -0.384. The number of benzene rings is 3. The van der Waals surface area contributed by atoms with Crippen LogP contribution in [0.25, 0.3) is 0 Å². The topological polar surface area (TPSA) is 83.2 Å². The quantitative estimate of drug-likeness (QED) is 0.141. The second-order valence-electron chi connectivity index (χ2n) is 6.38. The van der Waals surface area contributed by atoms with Crippen LogP contribution in [0.5, 0.6) is 11.5 Å². The fourth-order valence-corrected chi connectivity index (χ4v) is 3.57. The first-order valence-electron chi connectivity index (χ1n) is 9.09. The van der Waals surface area contributed by atoms with Crippen molar-refractivity contribution in [1.82, 2.24) is 0 Å². The van der Waals surface area contributed by atoms with Crippen LogP contribution >= 0.6 is 34.2 Å². The highest BCUT2D eigenvalue weighted by Gasteiger charge is 2.12. The maximum atomic E-state index is 10.8. The number of hydrogen-bond acceptors (Lipinski definition) is 6. The summed E-state index contributed by atoms with van der Waals surface area (Å²) in [5.41, 5.74) is 2.42. The Morgan fingerprint density at radius 2 is 1.87 bits per heavy atom. The van der Waals surface area contributed by atoms with Crippen molar-refractivity contribution in [2.45, 2.75) is 13.2 Å². The van der Waals surface area contributed by atoms with E-state index < -0.39 is 4.92 Å². The van der Waals surface area contributed by atoms with Gasteiger partial charge in [0.1, 0.15) is 13.2 Å². The zero-order valence-electron chi connectivity index (χ0n) is 16.5. The Morgan fingerprint density at radius 1 is 1.10 bits per heavy atom. The zero-order valence-corrected chi connectivity index (χ0v) is 19.4. The van der Waals surface area contributed by atoms with Gasteiger partial charge in [0.15, 0.2) is 11.5 Å². The molecule has 0 bridgehead atoms. The van der Waals surface area contributed by atoms with Crippen molar-refractivity contribution in [2.24, 2.45) is 5.16 Å². The van der Waals surface area contributed by atoms with Gasteiger partial charge in [0, 0.05) is 22.7 Å². The van der Waals surface area contributed by atoms with Crippen molar-refractivity contribution in [2.75, 3.05) is 7.11 Å². The van der Waals surface area contributed by atoms with Crippen LogP contribution in [0.4, 0.5) is 5.69 Å². The van der Waals surface area contributed by atoms with Gasteiger partial charge >= 0.3 is 0 Å². The predicted molar refractivity (Wildman–Crippen MR) is 127 cm³/mol. The standard InChI is InChI=1S/C22H18ClIN2O5/c1-29-21-11-17(12-25-31-14-16-3-2-4-19(9-16)26(27)28)10-20(24)22(21)30-13-15-5-7-18(23)8-6-15/h2-12H,13-14H2,1H3/b25-12+. The van der Waals surface area contributed by atoms with E-state index in [4.69, 9.17) is 25.9 Å². The number of halogens is 2. The van der Waals surface area contributed by atoms with Crippen molar-refractivity contribution < 1.29 is 19.2 Å². The Morgan fingerprint density at radius 3 is 2.58 bits per heavy atom. The van der Waals surface area contributed by atoms with Gasteiger partial charge in [0.2, 0.25) is 0 Å². The molecule has 0 aliphatic heterocycles. The molecule has 0 spiro atoms. The molecule has 7 nitrogen and oxygen atoms in total. The number of non-ortho nitro benzene ring substituents is 1. The number of nitro benzene ring substituents is 1. The van der Waals surface area contributed by atoms with Crippen LogP contribution in [0.3, 0.4) is 0 Å². The second kappa shape index (κ2) is 11.0. The summed E-state index contributed by atoms with van der Waals surface area (Å²) in [6, 6.07) is 17.3. The summed E-state index contributed by atoms with van der Waals surface area (Å²) >= 11 is 8.08. The van der Waals surface area contributed by atoms with Crippen molar-refractivity contribution in [3.8, 4) is 11.5 Å². The molecular formula is C22H18ClIN2O5. The van der Waals surface area contributed by atoms with Crippen LogP contribution < -0.4 is 9.47 Å². The van der Waals surface area contributed by atoms with E-state index in [9.17, 15) is 10.1 Å². The molecule has 9 heteroatoms. The fourth-order valence-electron chi connectivity index (χ4n) is 2.66. The third kappa shape index (κ3) is 6.56. The van der Waals surface area contributed by atoms with E-state index in [0.717, 1.165) is 14.7 Å². The first kappa shape index (κ1) is 22.8. The summed E-state index contributed by atoms with van der Waals surface area (Å²) < 4.78 is 12.3. The molecule has 0 radical (unpaired) electrons. The Hall–Kier alpha value is -2.85. The molecule has 0 aliphatic carbocycles. The molecule has 31 heavy (non-hydrogen) atoms. The molecule has 160 valence electrons. The van der Waals surface area contributed by atoms with Crippen LogP contribution in [0, 0.1) is 13.7 Å². The minimum absolute atomic E-state index is 0.0126. The second-order valence-corrected chi connectivity index (χ2v) is 7.98. The molecule has 0 N–H and O–H groups in total. The van der Waals surface area contributed by atoms with Gasteiger partial charge in [-0.05, 0) is 58.0 Å². The first-order chi connectivity index (χ1) is 15.0. The van der Waals surface area contributed by atoms with Gasteiger partial charge in [-0.25, -0.2) is 0 Å². The highest BCUT2D eigenvalue weighted by atomic mass is 127. The molecule has 0 aromatic heterocycles. The van der Waals surface area contributed by atoms with E-state index >= 15 is 0 Å². The third-order valence-electron chi connectivity index (χ3n) is 4.18. The summed E-state index contributed by atoms with van der Waals surface area (Å²) in [6.45, 7) is 0.498. The molecule has 0 heterocycles. The van der Waals surface area contributed by atoms with E-state index in [0.29, 0.717) is 28.7 Å². The molecule has 3 aromatic rings. The van der Waals surface area contributed by atoms with Crippen LogP contribution in [-0.2, 0) is 18.1 Å². The van der Waals surface area contributed by atoms with Crippen LogP contribution in [0.1, 0.15) is 16.7 Å². The lowest BCUT2D eigenvalue weighted by Crippen LogP contribution is -2.01. The van der Waals surface area contributed by atoms with Gasteiger partial charge in [0.25, 0.3) is 5.69 Å². The van der Waals surface area contributed by atoms with Gasteiger partial charge in [-0.2, -0.15) is 0 Å². The van der Waals surface area contributed by atoms with Gasteiger partial charge in [-0.15, -0.1) is 0 Å². The molecule has 0 saturated carbocycles. The van der Waals surface area contributed by atoms with Gasteiger partial charge < -0.3 is 14.3 Å². The van der Waals surface area contributed by atoms with E-state index in [2.05, 4.69) is 27.7 Å². The van der Waals surface area contributed by atoms with Crippen molar-refractivity contribution in [3.05, 3.63) is 96.1 Å². The Labute approximate surface area is 197 Å². The number of ether oxygens (including phenoxy) is 2. The first-order valence-corrected chi connectivity index (χ1v) is 10.6. The molecule has 3 aromatic carbocycles. The number of methoxy groups -OCH3 is 1. The molecule has 0 atom stereocenters. The van der Waals surface area contributed by atoms with Crippen LogP contribution in [0.15, 0.2) is 65.8 Å². The maximum Gasteiger partial charge on any atom is 0.269 e. The third-order valence-corrected chi connectivity index (χ3v) is 5.23. The monoisotopic (exact) mass is 552 g/mol. The summed E-state index contributed by atoms with van der Waals surface area (Å²) in [4.78, 5) is 15.7.